The molecule has 1 N–H and O–H groups in total. The molecule has 0 saturated carbocycles. The summed E-state index contributed by atoms with van der Waals surface area (Å²) in [5, 5.41) is 13.8. The van der Waals surface area contributed by atoms with Crippen LogP contribution in [0.1, 0.15) is 25.2 Å². The van der Waals surface area contributed by atoms with E-state index in [2.05, 4.69) is 25.8 Å². The van der Waals surface area contributed by atoms with Gasteiger partial charge in [-0.2, -0.15) is 0 Å². The fourth-order valence-electron chi connectivity index (χ4n) is 2.27. The van der Waals surface area contributed by atoms with Gasteiger partial charge in [-0.05, 0) is 62.4 Å². The second kappa shape index (κ2) is 5.88. The van der Waals surface area contributed by atoms with Crippen molar-refractivity contribution in [1.82, 2.24) is 29.8 Å². The molecule has 0 aliphatic heterocycles. The molecule has 0 aliphatic rings. The van der Waals surface area contributed by atoms with Crippen LogP contribution in [0.4, 0.5) is 5.69 Å². The lowest BCUT2D eigenvalue weighted by molar-refractivity contribution is -0.123. The van der Waals surface area contributed by atoms with Gasteiger partial charge in [-0.15, -0.1) is 5.10 Å². The predicted octanol–water partition coefficient (Wildman–Crippen LogP) is 1.85. The second-order valence-corrected chi connectivity index (χ2v) is 6.10. The van der Waals surface area contributed by atoms with E-state index in [0.29, 0.717) is 5.69 Å². The predicted molar refractivity (Wildman–Crippen MR) is 88.8 cm³/mol. The van der Waals surface area contributed by atoms with Crippen LogP contribution in [-0.4, -0.2) is 35.7 Å². The molecule has 0 radical (unpaired) electrons. The Kier molecular flexibility index (Phi) is 3.88. The SMILES string of the molecule is Cc1ncn(-c2ccc(NC(=O)C(C)(C)n3cnnn3)cc2)c1C. The fourth-order valence-corrected chi connectivity index (χ4v) is 2.27. The van der Waals surface area contributed by atoms with Crippen LogP contribution in [0, 0.1) is 13.8 Å². The summed E-state index contributed by atoms with van der Waals surface area (Å²) in [5.74, 6) is -0.197. The molecular weight excluding hydrogens is 306 g/mol. The molecule has 0 atom stereocenters. The van der Waals surface area contributed by atoms with Gasteiger partial charge in [0.05, 0.1) is 12.0 Å². The van der Waals surface area contributed by atoms with Crippen LogP contribution in [0.2, 0.25) is 0 Å². The molecule has 2 heterocycles. The van der Waals surface area contributed by atoms with E-state index in [4.69, 9.17) is 0 Å². The number of benzene rings is 1. The number of tetrazole rings is 1. The number of carbonyl (C=O) groups is 1. The highest BCUT2D eigenvalue weighted by Crippen LogP contribution is 2.19. The van der Waals surface area contributed by atoms with Crippen LogP contribution in [0.15, 0.2) is 36.9 Å². The maximum Gasteiger partial charge on any atom is 0.251 e. The van der Waals surface area contributed by atoms with Gasteiger partial charge in [0.15, 0.2) is 0 Å². The lowest BCUT2D eigenvalue weighted by Gasteiger charge is -2.22. The summed E-state index contributed by atoms with van der Waals surface area (Å²) in [5.41, 5.74) is 2.90. The summed E-state index contributed by atoms with van der Waals surface area (Å²) >= 11 is 0. The number of nitrogens with one attached hydrogen (secondary N) is 1. The van der Waals surface area contributed by atoms with Crippen molar-refractivity contribution in [1.29, 1.82) is 0 Å². The molecule has 3 rings (SSSR count). The molecule has 3 aromatic rings. The molecule has 124 valence electrons. The number of aromatic nitrogens is 6. The van der Waals surface area contributed by atoms with Gasteiger partial charge >= 0.3 is 0 Å². The molecule has 24 heavy (non-hydrogen) atoms. The third-order valence-corrected chi connectivity index (χ3v) is 4.13. The van der Waals surface area contributed by atoms with Crippen molar-refractivity contribution in [2.24, 2.45) is 0 Å². The maximum atomic E-state index is 12.5. The highest BCUT2D eigenvalue weighted by molar-refractivity contribution is 5.96. The standard InChI is InChI=1S/C16H19N7O/c1-11-12(2)22(9-17-11)14-7-5-13(6-8-14)19-15(24)16(3,4)23-10-18-20-21-23/h5-10H,1-4H3,(H,19,24). The first kappa shape index (κ1) is 15.9. The largest absolute Gasteiger partial charge is 0.324 e. The van der Waals surface area contributed by atoms with E-state index in [1.165, 1.54) is 11.0 Å². The first-order valence-electron chi connectivity index (χ1n) is 7.55. The second-order valence-electron chi connectivity index (χ2n) is 6.10. The van der Waals surface area contributed by atoms with Gasteiger partial charge in [-0.3, -0.25) is 4.79 Å². The summed E-state index contributed by atoms with van der Waals surface area (Å²) in [6, 6.07) is 7.59. The number of rotatable bonds is 4. The van der Waals surface area contributed by atoms with Gasteiger partial charge in [0.2, 0.25) is 0 Å². The number of aryl methyl sites for hydroxylation is 1. The van der Waals surface area contributed by atoms with E-state index >= 15 is 0 Å². The van der Waals surface area contributed by atoms with Gasteiger partial charge in [-0.25, -0.2) is 9.67 Å². The summed E-state index contributed by atoms with van der Waals surface area (Å²) < 4.78 is 3.43. The normalized spacial score (nSPS) is 11.5. The number of nitrogens with zero attached hydrogens (tertiary/aromatic N) is 6. The lowest BCUT2D eigenvalue weighted by atomic mass is 10.1. The Hall–Kier alpha value is -3.03. The Morgan fingerprint density at radius 1 is 1.12 bits per heavy atom. The minimum absolute atomic E-state index is 0.197. The highest BCUT2D eigenvalue weighted by atomic mass is 16.2. The van der Waals surface area contributed by atoms with Gasteiger partial charge < -0.3 is 9.88 Å². The van der Waals surface area contributed by atoms with Crippen molar-refractivity contribution in [3.8, 4) is 5.69 Å². The Morgan fingerprint density at radius 3 is 2.38 bits per heavy atom. The molecule has 1 amide bonds. The highest BCUT2D eigenvalue weighted by Gasteiger charge is 2.31. The molecule has 0 unspecified atom stereocenters. The van der Waals surface area contributed by atoms with Crippen LogP contribution >= 0.6 is 0 Å². The molecule has 0 saturated heterocycles. The van der Waals surface area contributed by atoms with Crippen molar-refractivity contribution in [2.45, 2.75) is 33.2 Å². The Labute approximate surface area is 139 Å². The van der Waals surface area contributed by atoms with Gasteiger partial charge in [0.1, 0.15) is 11.9 Å². The summed E-state index contributed by atoms with van der Waals surface area (Å²) in [6.07, 6.45) is 3.21. The number of hydrogen-bond donors (Lipinski definition) is 1. The average Bonchev–Trinajstić information content (AvgIpc) is 3.20. The van der Waals surface area contributed by atoms with Crippen LogP contribution < -0.4 is 5.32 Å². The lowest BCUT2D eigenvalue weighted by Crippen LogP contribution is -2.40. The minimum Gasteiger partial charge on any atom is -0.324 e. The summed E-state index contributed by atoms with van der Waals surface area (Å²) in [4.78, 5) is 16.8. The molecular formula is C16H19N7O. The zero-order valence-electron chi connectivity index (χ0n) is 14.1. The number of carbonyl (C=O) groups excluding carboxylic acids is 1. The number of imidazole rings is 1. The van der Waals surface area contributed by atoms with Crippen molar-refractivity contribution < 1.29 is 4.79 Å². The fraction of sp³-hybridized carbons (Fsp3) is 0.312. The molecule has 0 bridgehead atoms. The molecule has 2 aromatic heterocycles. The molecule has 8 heteroatoms. The first-order chi connectivity index (χ1) is 11.4. The Morgan fingerprint density at radius 2 is 1.83 bits per heavy atom. The van der Waals surface area contributed by atoms with Gasteiger partial charge in [0.25, 0.3) is 5.91 Å². The Bertz CT molecular complexity index is 847. The number of anilines is 1. The monoisotopic (exact) mass is 325 g/mol. The van der Waals surface area contributed by atoms with Crippen molar-refractivity contribution in [3.63, 3.8) is 0 Å². The minimum atomic E-state index is -0.889. The summed E-state index contributed by atoms with van der Waals surface area (Å²) in [7, 11) is 0. The van der Waals surface area contributed by atoms with E-state index < -0.39 is 5.54 Å². The topological polar surface area (TPSA) is 90.5 Å². The van der Waals surface area contributed by atoms with Gasteiger partial charge in [-0.1, -0.05) is 0 Å². The molecule has 1 aromatic carbocycles. The third-order valence-electron chi connectivity index (χ3n) is 4.13. The Balaban J connectivity index is 1.77. The van der Waals surface area contributed by atoms with E-state index in [1.54, 1.807) is 20.2 Å². The van der Waals surface area contributed by atoms with E-state index in [9.17, 15) is 4.79 Å². The molecule has 0 spiro atoms. The first-order valence-corrected chi connectivity index (χ1v) is 7.55. The van der Waals surface area contributed by atoms with E-state index in [-0.39, 0.29) is 5.91 Å². The maximum absolute atomic E-state index is 12.5. The van der Waals surface area contributed by atoms with Crippen LogP contribution in [0.25, 0.3) is 5.69 Å². The van der Waals surface area contributed by atoms with Crippen molar-refractivity contribution in [2.75, 3.05) is 5.32 Å². The quantitative estimate of drug-likeness (QED) is 0.790. The molecule has 8 nitrogen and oxygen atoms in total. The van der Waals surface area contributed by atoms with Crippen LogP contribution in [0.3, 0.4) is 0 Å². The molecule has 0 aliphatic carbocycles. The van der Waals surface area contributed by atoms with Crippen LogP contribution in [-0.2, 0) is 10.3 Å². The molecule has 0 fully saturated rings. The van der Waals surface area contributed by atoms with E-state index in [1.807, 2.05) is 42.7 Å². The van der Waals surface area contributed by atoms with Crippen LogP contribution in [0.5, 0.6) is 0 Å². The third kappa shape index (κ3) is 2.78. The van der Waals surface area contributed by atoms with Crippen molar-refractivity contribution >= 4 is 11.6 Å². The van der Waals surface area contributed by atoms with Crippen molar-refractivity contribution in [3.05, 3.63) is 48.3 Å². The zero-order chi connectivity index (χ0) is 17.3. The van der Waals surface area contributed by atoms with Gasteiger partial charge in [0, 0.05) is 17.1 Å². The smallest absolute Gasteiger partial charge is 0.251 e. The average molecular weight is 325 g/mol. The number of amides is 1. The zero-order valence-corrected chi connectivity index (χ0v) is 14.1. The van der Waals surface area contributed by atoms with E-state index in [0.717, 1.165) is 17.1 Å². The summed E-state index contributed by atoms with van der Waals surface area (Å²) in [6.45, 7) is 7.50. The number of hydrogen-bond acceptors (Lipinski definition) is 5.